The molecule has 0 radical (unpaired) electrons. The number of nitrogens with zero attached hydrogens (tertiary/aromatic N) is 3. The minimum Gasteiger partial charge on any atom is -0.370 e. The van der Waals surface area contributed by atoms with Crippen LogP contribution >= 0.6 is 11.3 Å². The molecule has 2 aromatic rings. The third-order valence-corrected chi connectivity index (χ3v) is 8.90. The molecule has 2 atom stereocenters. The maximum atomic E-state index is 13.5. The van der Waals surface area contributed by atoms with Crippen LogP contribution in [0.4, 0.5) is 10.9 Å². The van der Waals surface area contributed by atoms with E-state index in [9.17, 15) is 19.2 Å². The first-order valence-electron chi connectivity index (χ1n) is 15.1. The van der Waals surface area contributed by atoms with E-state index >= 15 is 0 Å². The molecule has 43 heavy (non-hydrogen) atoms. The third kappa shape index (κ3) is 8.82. The van der Waals surface area contributed by atoms with E-state index in [-0.39, 0.29) is 31.6 Å². The highest BCUT2D eigenvalue weighted by Crippen LogP contribution is 2.39. The van der Waals surface area contributed by atoms with E-state index < -0.39 is 28.8 Å². The molecule has 1 saturated carbocycles. The minimum absolute atomic E-state index is 0.0194. The quantitative estimate of drug-likeness (QED) is 0.230. The average Bonchev–Trinajstić information content (AvgIpc) is 3.68. The van der Waals surface area contributed by atoms with Crippen molar-refractivity contribution in [3.05, 3.63) is 35.5 Å². The van der Waals surface area contributed by atoms with Gasteiger partial charge >= 0.3 is 0 Å². The van der Waals surface area contributed by atoms with Crippen LogP contribution in [0.2, 0.25) is 0 Å². The van der Waals surface area contributed by atoms with Crippen molar-refractivity contribution >= 4 is 46.3 Å². The van der Waals surface area contributed by atoms with E-state index in [4.69, 9.17) is 9.72 Å². The second-order valence-electron chi connectivity index (χ2n) is 12.5. The van der Waals surface area contributed by atoms with Crippen LogP contribution in [-0.4, -0.2) is 77.3 Å². The van der Waals surface area contributed by atoms with Gasteiger partial charge in [-0.1, -0.05) is 46.1 Å². The van der Waals surface area contributed by atoms with Gasteiger partial charge in [0.25, 0.3) is 0 Å². The van der Waals surface area contributed by atoms with Gasteiger partial charge in [0.05, 0.1) is 18.1 Å². The first-order valence-corrected chi connectivity index (χ1v) is 16.0. The van der Waals surface area contributed by atoms with Gasteiger partial charge in [0, 0.05) is 36.8 Å². The summed E-state index contributed by atoms with van der Waals surface area (Å²) in [4.78, 5) is 61.4. The van der Waals surface area contributed by atoms with Gasteiger partial charge in [-0.15, -0.1) is 11.3 Å². The highest BCUT2D eigenvalue weighted by atomic mass is 32.1. The molecular formula is C31H44N6O5S. The molecule has 0 bridgehead atoms. The maximum absolute atomic E-state index is 13.5. The van der Waals surface area contributed by atoms with Gasteiger partial charge in [-0.3, -0.25) is 14.4 Å². The number of nitrogens with one attached hydrogen (secondary N) is 3. The fourth-order valence-electron chi connectivity index (χ4n) is 5.92. The Morgan fingerprint density at radius 3 is 2.67 bits per heavy atom. The van der Waals surface area contributed by atoms with Crippen molar-refractivity contribution < 1.29 is 23.9 Å². The van der Waals surface area contributed by atoms with E-state index in [0.29, 0.717) is 25.2 Å². The molecule has 1 aliphatic carbocycles. The van der Waals surface area contributed by atoms with Crippen molar-refractivity contribution in [1.82, 2.24) is 25.5 Å². The number of aldehydes is 1. The SMILES string of the molecule is CC(C)(C)C(NC(=O)COCCNC(=O)C1(Cc2cccc(Nc3nccs3)n2)CCCCC1)C(=O)N1CCC[C@H]1C=O. The van der Waals surface area contributed by atoms with Gasteiger partial charge in [0.2, 0.25) is 17.7 Å². The number of amides is 3. The fraction of sp³-hybridized carbons (Fsp3) is 0.613. The first kappa shape index (κ1) is 32.5. The molecule has 2 aromatic heterocycles. The Morgan fingerprint density at radius 2 is 1.98 bits per heavy atom. The molecule has 4 rings (SSSR count). The second kappa shape index (κ2) is 14.9. The van der Waals surface area contributed by atoms with Gasteiger partial charge < -0.3 is 30.4 Å². The van der Waals surface area contributed by atoms with Gasteiger partial charge in [0.15, 0.2) is 5.13 Å². The van der Waals surface area contributed by atoms with Crippen molar-refractivity contribution in [3.8, 4) is 0 Å². The molecule has 0 aromatic carbocycles. The first-order chi connectivity index (χ1) is 20.6. The number of ether oxygens (including phenoxy) is 1. The van der Waals surface area contributed by atoms with Crippen molar-refractivity contribution in [1.29, 1.82) is 0 Å². The van der Waals surface area contributed by atoms with Gasteiger partial charge in [-0.2, -0.15) is 0 Å². The topological polar surface area (TPSA) is 143 Å². The summed E-state index contributed by atoms with van der Waals surface area (Å²) >= 11 is 1.50. The number of likely N-dealkylation sites (tertiary alicyclic amines) is 1. The predicted molar refractivity (Wildman–Crippen MR) is 165 cm³/mol. The Bertz CT molecular complexity index is 1240. The second-order valence-corrected chi connectivity index (χ2v) is 13.4. The summed E-state index contributed by atoms with van der Waals surface area (Å²) in [5.41, 5.74) is -0.239. The van der Waals surface area contributed by atoms with E-state index in [1.807, 2.05) is 44.4 Å². The summed E-state index contributed by atoms with van der Waals surface area (Å²) in [6, 6.07) is 4.56. The van der Waals surface area contributed by atoms with Crippen molar-refractivity contribution in [3.63, 3.8) is 0 Å². The zero-order valence-corrected chi connectivity index (χ0v) is 26.2. The molecule has 3 amide bonds. The predicted octanol–water partition coefficient (Wildman–Crippen LogP) is 3.63. The normalized spacial score (nSPS) is 19.0. The summed E-state index contributed by atoms with van der Waals surface area (Å²) in [6.45, 7) is 6.33. The summed E-state index contributed by atoms with van der Waals surface area (Å²) in [7, 11) is 0. The lowest BCUT2D eigenvalue weighted by atomic mass is 9.70. The molecule has 234 valence electrons. The van der Waals surface area contributed by atoms with E-state index in [1.54, 1.807) is 11.1 Å². The van der Waals surface area contributed by atoms with Crippen LogP contribution in [0.1, 0.15) is 71.4 Å². The van der Waals surface area contributed by atoms with Crippen molar-refractivity contribution in [2.45, 2.75) is 84.2 Å². The Morgan fingerprint density at radius 1 is 1.19 bits per heavy atom. The molecule has 3 heterocycles. The third-order valence-electron chi connectivity index (χ3n) is 8.21. The molecule has 12 heteroatoms. The maximum Gasteiger partial charge on any atom is 0.246 e. The number of carbonyl (C=O) groups is 4. The lowest BCUT2D eigenvalue weighted by molar-refractivity contribution is -0.142. The summed E-state index contributed by atoms with van der Waals surface area (Å²) in [5.74, 6) is 0.0148. The Labute approximate surface area is 257 Å². The van der Waals surface area contributed by atoms with Crippen molar-refractivity contribution in [2.75, 3.05) is 31.6 Å². The minimum atomic E-state index is -0.779. The standard InChI is InChI=1S/C31H44N6O5S/c1-30(2,3)26(27(40)37-16-8-10-23(37)20-38)36-25(39)21-42-17-14-32-28(41)31(12-5-4-6-13-31)19-22-9-7-11-24(34-22)35-29-33-15-18-43-29/h7,9,11,15,18,20,23,26H,4-6,8,10,12-14,16-17,19,21H2,1-3H3,(H,32,41)(H,36,39)(H,33,34,35)/t23-,26?/m0/s1. The Balaban J connectivity index is 1.26. The average molecular weight is 613 g/mol. The molecule has 1 unspecified atom stereocenters. The number of anilines is 2. The van der Waals surface area contributed by atoms with Crippen molar-refractivity contribution in [2.24, 2.45) is 10.8 Å². The van der Waals surface area contributed by atoms with E-state index in [1.165, 1.54) is 11.3 Å². The fourth-order valence-corrected chi connectivity index (χ4v) is 6.45. The monoisotopic (exact) mass is 612 g/mol. The van der Waals surface area contributed by atoms with Gasteiger partial charge in [-0.25, -0.2) is 9.97 Å². The van der Waals surface area contributed by atoms with Crippen LogP contribution in [0.15, 0.2) is 29.8 Å². The van der Waals surface area contributed by atoms with E-state index in [0.717, 1.165) is 55.6 Å². The van der Waals surface area contributed by atoms with Gasteiger partial charge in [-0.05, 0) is 43.2 Å². The summed E-state index contributed by atoms with van der Waals surface area (Å²) < 4.78 is 5.58. The molecule has 2 aliphatic rings. The number of hydrogen-bond acceptors (Lipinski definition) is 9. The largest absolute Gasteiger partial charge is 0.370 e. The van der Waals surface area contributed by atoms with Crippen LogP contribution in [-0.2, 0) is 30.3 Å². The molecule has 1 saturated heterocycles. The Kier molecular flexibility index (Phi) is 11.3. The Hall–Kier alpha value is -3.38. The number of pyridine rings is 1. The molecule has 1 aliphatic heterocycles. The highest BCUT2D eigenvalue weighted by Gasteiger charge is 2.41. The number of hydrogen-bond donors (Lipinski definition) is 3. The zero-order chi connectivity index (χ0) is 30.9. The van der Waals surface area contributed by atoms with Gasteiger partial charge in [0.1, 0.15) is 24.8 Å². The van der Waals surface area contributed by atoms with Crippen LogP contribution in [0.5, 0.6) is 0 Å². The summed E-state index contributed by atoms with van der Waals surface area (Å²) in [5, 5.41) is 11.7. The molecule has 2 fully saturated rings. The van der Waals surface area contributed by atoms with Crippen LogP contribution in [0.25, 0.3) is 0 Å². The molecular weight excluding hydrogens is 568 g/mol. The van der Waals surface area contributed by atoms with Crippen LogP contribution < -0.4 is 16.0 Å². The van der Waals surface area contributed by atoms with E-state index in [2.05, 4.69) is 20.9 Å². The number of aromatic nitrogens is 2. The number of rotatable bonds is 13. The molecule has 11 nitrogen and oxygen atoms in total. The van der Waals surface area contributed by atoms with Crippen LogP contribution in [0.3, 0.4) is 0 Å². The lowest BCUT2D eigenvalue weighted by Gasteiger charge is -2.35. The zero-order valence-electron chi connectivity index (χ0n) is 25.4. The number of thiazole rings is 1. The smallest absolute Gasteiger partial charge is 0.246 e. The number of carbonyl (C=O) groups excluding carboxylic acids is 4. The highest BCUT2D eigenvalue weighted by molar-refractivity contribution is 7.13. The molecule has 3 N–H and O–H groups in total. The summed E-state index contributed by atoms with van der Waals surface area (Å²) in [6.07, 6.45) is 9.15. The molecule has 0 spiro atoms. The lowest BCUT2D eigenvalue weighted by Crippen LogP contribution is -2.56. The van der Waals surface area contributed by atoms with Crippen LogP contribution in [0, 0.1) is 10.8 Å².